The summed E-state index contributed by atoms with van der Waals surface area (Å²) in [5.41, 5.74) is 1.27. The molecule has 0 aliphatic carbocycles. The number of nitrogens with zero attached hydrogens (tertiary/aromatic N) is 3. The normalized spacial score (nSPS) is 22.1. The van der Waals surface area contributed by atoms with E-state index in [1.165, 1.54) is 18.4 Å². The van der Waals surface area contributed by atoms with Gasteiger partial charge in [-0.15, -0.1) is 0 Å². The monoisotopic (exact) mass is 398 g/mol. The molecule has 3 aliphatic rings. The molecule has 158 valence electrons. The van der Waals surface area contributed by atoms with Crippen molar-refractivity contribution in [2.45, 2.75) is 44.6 Å². The minimum absolute atomic E-state index is 0.0113. The van der Waals surface area contributed by atoms with Crippen molar-refractivity contribution in [3.63, 3.8) is 0 Å². The number of piperidine rings is 1. The molecule has 3 aliphatic heterocycles. The van der Waals surface area contributed by atoms with E-state index in [1.54, 1.807) is 0 Å². The summed E-state index contributed by atoms with van der Waals surface area (Å²) >= 11 is 0. The van der Waals surface area contributed by atoms with Crippen LogP contribution in [0.1, 0.15) is 50.1 Å². The predicted molar refractivity (Wildman–Crippen MR) is 113 cm³/mol. The topological polar surface area (TPSA) is 55.9 Å². The van der Waals surface area contributed by atoms with Gasteiger partial charge in [0.1, 0.15) is 0 Å². The van der Waals surface area contributed by atoms with Crippen LogP contribution in [0, 0.1) is 5.92 Å². The number of likely N-dealkylation sites (tertiary alicyclic amines) is 3. The molecule has 3 saturated heterocycles. The summed E-state index contributed by atoms with van der Waals surface area (Å²) in [6, 6.07) is 10.7. The number of amides is 3. The molecule has 29 heavy (non-hydrogen) atoms. The van der Waals surface area contributed by atoms with Crippen LogP contribution in [-0.2, 0) is 4.79 Å². The van der Waals surface area contributed by atoms with E-state index in [4.69, 9.17) is 0 Å². The van der Waals surface area contributed by atoms with Gasteiger partial charge < -0.3 is 15.1 Å². The number of rotatable bonds is 5. The van der Waals surface area contributed by atoms with Gasteiger partial charge in [0, 0.05) is 38.6 Å². The van der Waals surface area contributed by atoms with E-state index in [0.717, 1.165) is 51.9 Å². The first-order valence-electron chi connectivity index (χ1n) is 11.3. The Kier molecular flexibility index (Phi) is 6.70. The Labute approximate surface area is 174 Å². The van der Waals surface area contributed by atoms with Crippen molar-refractivity contribution in [1.82, 2.24) is 20.0 Å². The minimum Gasteiger partial charge on any atom is -0.342 e. The minimum atomic E-state index is 0.0113. The molecule has 3 heterocycles. The molecule has 1 aromatic carbocycles. The fourth-order valence-corrected chi connectivity index (χ4v) is 5.01. The maximum absolute atomic E-state index is 12.8. The average molecular weight is 399 g/mol. The third kappa shape index (κ3) is 4.92. The lowest BCUT2D eigenvalue weighted by Crippen LogP contribution is -2.48. The Bertz CT molecular complexity index is 675. The van der Waals surface area contributed by atoms with E-state index >= 15 is 0 Å². The summed E-state index contributed by atoms with van der Waals surface area (Å²) in [5, 5.41) is 3.18. The van der Waals surface area contributed by atoms with E-state index in [1.807, 2.05) is 15.9 Å². The van der Waals surface area contributed by atoms with Gasteiger partial charge in [0.2, 0.25) is 5.91 Å². The van der Waals surface area contributed by atoms with Crippen LogP contribution < -0.4 is 5.32 Å². The van der Waals surface area contributed by atoms with E-state index in [-0.39, 0.29) is 18.0 Å². The number of urea groups is 1. The summed E-state index contributed by atoms with van der Waals surface area (Å²) in [7, 11) is 0. The van der Waals surface area contributed by atoms with Crippen molar-refractivity contribution in [3.8, 4) is 0 Å². The molecule has 0 bridgehead atoms. The first-order valence-corrected chi connectivity index (χ1v) is 11.3. The van der Waals surface area contributed by atoms with Gasteiger partial charge in [-0.3, -0.25) is 9.69 Å². The summed E-state index contributed by atoms with van der Waals surface area (Å²) in [6.45, 7) is 6.01. The van der Waals surface area contributed by atoms with Crippen LogP contribution in [0.3, 0.4) is 0 Å². The Morgan fingerprint density at radius 3 is 2.14 bits per heavy atom. The van der Waals surface area contributed by atoms with Crippen molar-refractivity contribution < 1.29 is 9.59 Å². The Hall–Kier alpha value is -2.08. The molecule has 0 aromatic heterocycles. The summed E-state index contributed by atoms with van der Waals surface area (Å²) in [5.74, 6) is 0.402. The maximum Gasteiger partial charge on any atom is 0.317 e. The van der Waals surface area contributed by atoms with Gasteiger partial charge in [-0.25, -0.2) is 4.79 Å². The van der Waals surface area contributed by atoms with Crippen molar-refractivity contribution in [1.29, 1.82) is 0 Å². The van der Waals surface area contributed by atoms with Gasteiger partial charge in [-0.05, 0) is 57.2 Å². The van der Waals surface area contributed by atoms with Gasteiger partial charge in [-0.2, -0.15) is 0 Å². The zero-order valence-electron chi connectivity index (χ0n) is 17.4. The highest BCUT2D eigenvalue weighted by Gasteiger charge is 2.31. The average Bonchev–Trinajstić information content (AvgIpc) is 3.49. The Morgan fingerprint density at radius 2 is 1.48 bits per heavy atom. The number of carbonyl (C=O) groups is 2. The van der Waals surface area contributed by atoms with Crippen molar-refractivity contribution in [3.05, 3.63) is 35.9 Å². The highest BCUT2D eigenvalue weighted by atomic mass is 16.2. The number of carbonyl (C=O) groups excluding carboxylic acids is 2. The maximum atomic E-state index is 12.8. The third-order valence-corrected chi connectivity index (χ3v) is 6.76. The van der Waals surface area contributed by atoms with Crippen molar-refractivity contribution >= 4 is 11.9 Å². The van der Waals surface area contributed by atoms with Gasteiger partial charge in [0.05, 0.1) is 6.04 Å². The van der Waals surface area contributed by atoms with Crippen LogP contribution in [0.25, 0.3) is 0 Å². The number of nitrogens with one attached hydrogen (secondary N) is 1. The lowest BCUT2D eigenvalue weighted by atomic mass is 9.95. The molecule has 4 rings (SSSR count). The standard InChI is InChI=1S/C23H34N4O2/c28-22(26-14-6-7-15-26)20-10-16-27(17-11-20)23(29)24-18-21(25-12-4-5-13-25)19-8-2-1-3-9-19/h1-3,8-9,20-21H,4-7,10-18H2,(H,24,29). The van der Waals surface area contributed by atoms with Crippen LogP contribution in [0.5, 0.6) is 0 Å². The molecule has 1 unspecified atom stereocenters. The number of hydrogen-bond acceptors (Lipinski definition) is 3. The molecular formula is C23H34N4O2. The van der Waals surface area contributed by atoms with E-state index in [2.05, 4.69) is 34.5 Å². The van der Waals surface area contributed by atoms with Crippen LogP contribution >= 0.6 is 0 Å². The van der Waals surface area contributed by atoms with Crippen LogP contribution in [-0.4, -0.2) is 72.5 Å². The van der Waals surface area contributed by atoms with E-state index < -0.39 is 0 Å². The van der Waals surface area contributed by atoms with Gasteiger partial charge >= 0.3 is 6.03 Å². The molecule has 1 aromatic rings. The third-order valence-electron chi connectivity index (χ3n) is 6.76. The second-order valence-electron chi connectivity index (χ2n) is 8.65. The zero-order valence-corrected chi connectivity index (χ0v) is 17.4. The first kappa shape index (κ1) is 20.2. The molecule has 6 heteroatoms. The Morgan fingerprint density at radius 1 is 0.862 bits per heavy atom. The molecule has 0 saturated carbocycles. The number of hydrogen-bond donors (Lipinski definition) is 1. The molecule has 1 atom stereocenters. The molecule has 3 amide bonds. The largest absolute Gasteiger partial charge is 0.342 e. The Balaban J connectivity index is 1.28. The van der Waals surface area contributed by atoms with Crippen LogP contribution in [0.2, 0.25) is 0 Å². The van der Waals surface area contributed by atoms with E-state index in [0.29, 0.717) is 25.5 Å². The lowest BCUT2D eigenvalue weighted by molar-refractivity contribution is -0.135. The zero-order chi connectivity index (χ0) is 20.1. The van der Waals surface area contributed by atoms with Crippen LogP contribution in [0.4, 0.5) is 4.79 Å². The molecule has 6 nitrogen and oxygen atoms in total. The molecule has 0 spiro atoms. The predicted octanol–water partition coefficient (Wildman–Crippen LogP) is 2.87. The molecular weight excluding hydrogens is 364 g/mol. The summed E-state index contributed by atoms with van der Waals surface area (Å²) < 4.78 is 0. The van der Waals surface area contributed by atoms with Crippen molar-refractivity contribution in [2.24, 2.45) is 5.92 Å². The quantitative estimate of drug-likeness (QED) is 0.830. The fourth-order valence-electron chi connectivity index (χ4n) is 5.01. The second kappa shape index (κ2) is 9.61. The van der Waals surface area contributed by atoms with E-state index in [9.17, 15) is 9.59 Å². The molecule has 3 fully saturated rings. The summed E-state index contributed by atoms with van der Waals surface area (Å²) in [6.07, 6.45) is 6.30. The molecule has 1 N–H and O–H groups in total. The SMILES string of the molecule is O=C(NCC(c1ccccc1)N1CCCC1)N1CCC(C(=O)N2CCCC2)CC1. The highest BCUT2D eigenvalue weighted by molar-refractivity contribution is 5.80. The van der Waals surface area contributed by atoms with Gasteiger partial charge in [0.15, 0.2) is 0 Å². The smallest absolute Gasteiger partial charge is 0.317 e. The molecule has 0 radical (unpaired) electrons. The first-order chi connectivity index (χ1) is 14.2. The second-order valence-corrected chi connectivity index (χ2v) is 8.65. The highest BCUT2D eigenvalue weighted by Crippen LogP contribution is 2.25. The van der Waals surface area contributed by atoms with Crippen LogP contribution in [0.15, 0.2) is 30.3 Å². The fraction of sp³-hybridized carbons (Fsp3) is 0.652. The lowest BCUT2D eigenvalue weighted by Gasteiger charge is -2.34. The number of benzene rings is 1. The van der Waals surface area contributed by atoms with Crippen molar-refractivity contribution in [2.75, 3.05) is 45.8 Å². The summed E-state index contributed by atoms with van der Waals surface area (Å²) in [4.78, 5) is 31.8. The van der Waals surface area contributed by atoms with Gasteiger partial charge in [-0.1, -0.05) is 30.3 Å². The van der Waals surface area contributed by atoms with Gasteiger partial charge in [0.25, 0.3) is 0 Å².